The van der Waals surface area contributed by atoms with Gasteiger partial charge >= 0.3 is 5.69 Å². The molecule has 0 bridgehead atoms. The van der Waals surface area contributed by atoms with Crippen LogP contribution < -0.4 is 5.69 Å². The van der Waals surface area contributed by atoms with Crippen molar-refractivity contribution in [1.29, 1.82) is 0 Å². The topological polar surface area (TPSA) is 37.8 Å². The number of aromatic amines is 1. The van der Waals surface area contributed by atoms with Crippen LogP contribution in [0.4, 0.5) is 0 Å². The first-order valence-corrected chi connectivity index (χ1v) is 5.04. The molecule has 3 heteroatoms. The molecular weight excluding hydrogens is 176 g/mol. The summed E-state index contributed by atoms with van der Waals surface area (Å²) in [6.07, 6.45) is 10.5. The molecule has 2 aliphatic rings. The van der Waals surface area contributed by atoms with Crippen LogP contribution in [0.5, 0.6) is 0 Å². The van der Waals surface area contributed by atoms with Crippen LogP contribution in [0.15, 0.2) is 23.0 Å². The number of hydrogen-bond acceptors (Lipinski definition) is 1. The zero-order valence-corrected chi connectivity index (χ0v) is 7.86. The Hall–Kier alpha value is -1.51. The van der Waals surface area contributed by atoms with E-state index in [2.05, 4.69) is 17.1 Å². The molecule has 1 aliphatic carbocycles. The normalized spacial score (nSPS) is 23.3. The quantitative estimate of drug-likeness (QED) is 0.660. The second-order valence-electron chi connectivity index (χ2n) is 3.87. The smallest absolute Gasteiger partial charge is 0.306 e. The van der Waals surface area contributed by atoms with E-state index in [4.69, 9.17) is 0 Å². The van der Waals surface area contributed by atoms with Gasteiger partial charge in [0.1, 0.15) is 0 Å². The minimum Gasteiger partial charge on any atom is -0.306 e. The van der Waals surface area contributed by atoms with E-state index in [1.54, 1.807) is 0 Å². The number of aromatic nitrogens is 2. The molecule has 0 saturated carbocycles. The predicted molar refractivity (Wildman–Crippen MR) is 55.2 cm³/mol. The highest BCUT2D eigenvalue weighted by Gasteiger charge is 2.24. The molecule has 14 heavy (non-hydrogen) atoms. The number of nitrogens with zero attached hydrogens (tertiary/aromatic N) is 1. The summed E-state index contributed by atoms with van der Waals surface area (Å²) >= 11 is 0. The molecule has 2 heterocycles. The maximum Gasteiger partial charge on any atom is 0.326 e. The maximum atomic E-state index is 11.6. The molecule has 1 aliphatic heterocycles. The van der Waals surface area contributed by atoms with Crippen LogP contribution >= 0.6 is 0 Å². The second kappa shape index (κ2) is 2.74. The van der Waals surface area contributed by atoms with Crippen LogP contribution in [-0.2, 0) is 6.54 Å². The lowest BCUT2D eigenvalue weighted by Crippen LogP contribution is -2.23. The molecule has 1 unspecified atom stereocenters. The van der Waals surface area contributed by atoms with E-state index in [9.17, 15) is 4.79 Å². The first kappa shape index (κ1) is 7.85. The average molecular weight is 188 g/mol. The molecule has 0 amide bonds. The van der Waals surface area contributed by atoms with Crippen LogP contribution in [0, 0.1) is 0 Å². The van der Waals surface area contributed by atoms with Gasteiger partial charge in [0.05, 0.1) is 11.4 Å². The van der Waals surface area contributed by atoms with Crippen molar-refractivity contribution in [2.75, 3.05) is 0 Å². The molecule has 0 radical (unpaired) electrons. The second-order valence-corrected chi connectivity index (χ2v) is 3.87. The van der Waals surface area contributed by atoms with Crippen molar-refractivity contribution >= 4 is 6.08 Å². The third-order valence-electron chi connectivity index (χ3n) is 3.02. The zero-order chi connectivity index (χ0) is 9.54. The third kappa shape index (κ3) is 0.953. The van der Waals surface area contributed by atoms with Gasteiger partial charge in [-0.15, -0.1) is 0 Å². The summed E-state index contributed by atoms with van der Waals surface area (Å²) in [6.45, 7) is 0.864. The number of nitrogens with one attached hydrogen (secondary N) is 1. The number of imidazole rings is 1. The van der Waals surface area contributed by atoms with E-state index in [1.807, 2.05) is 16.7 Å². The van der Waals surface area contributed by atoms with E-state index in [0.29, 0.717) is 5.92 Å². The van der Waals surface area contributed by atoms with Gasteiger partial charge in [-0.1, -0.05) is 18.2 Å². The fourth-order valence-corrected chi connectivity index (χ4v) is 2.39. The zero-order valence-electron chi connectivity index (χ0n) is 7.86. The lowest BCUT2D eigenvalue weighted by molar-refractivity contribution is 0.488. The third-order valence-corrected chi connectivity index (χ3v) is 3.02. The Morgan fingerprint density at radius 2 is 2.36 bits per heavy atom. The number of rotatable bonds is 0. The molecule has 1 atom stereocenters. The Morgan fingerprint density at radius 1 is 1.43 bits per heavy atom. The molecule has 1 aromatic heterocycles. The van der Waals surface area contributed by atoms with Gasteiger partial charge in [0.2, 0.25) is 0 Å². The highest BCUT2D eigenvalue weighted by Crippen LogP contribution is 2.31. The van der Waals surface area contributed by atoms with Crippen molar-refractivity contribution < 1.29 is 0 Å². The molecule has 0 fully saturated rings. The summed E-state index contributed by atoms with van der Waals surface area (Å²) in [5.41, 5.74) is 2.20. The Kier molecular flexibility index (Phi) is 1.54. The molecule has 3 nitrogen and oxygen atoms in total. The van der Waals surface area contributed by atoms with Crippen LogP contribution in [0.1, 0.15) is 30.1 Å². The Bertz CT molecular complexity index is 476. The van der Waals surface area contributed by atoms with E-state index in [-0.39, 0.29) is 5.69 Å². The summed E-state index contributed by atoms with van der Waals surface area (Å²) < 4.78 is 1.88. The van der Waals surface area contributed by atoms with E-state index in [1.165, 1.54) is 5.69 Å². The molecule has 1 N–H and O–H groups in total. The van der Waals surface area contributed by atoms with Crippen molar-refractivity contribution in [3.05, 3.63) is 40.1 Å². The van der Waals surface area contributed by atoms with Gasteiger partial charge < -0.3 is 4.98 Å². The van der Waals surface area contributed by atoms with Gasteiger partial charge in [-0.25, -0.2) is 4.79 Å². The van der Waals surface area contributed by atoms with Gasteiger partial charge in [-0.3, -0.25) is 4.57 Å². The molecule has 0 spiro atoms. The van der Waals surface area contributed by atoms with Gasteiger partial charge in [0.15, 0.2) is 0 Å². The largest absolute Gasteiger partial charge is 0.326 e. The lowest BCUT2D eigenvalue weighted by atomic mass is 9.95. The van der Waals surface area contributed by atoms with Gasteiger partial charge in [0.25, 0.3) is 0 Å². The summed E-state index contributed by atoms with van der Waals surface area (Å²) in [7, 11) is 0. The fourth-order valence-electron chi connectivity index (χ4n) is 2.39. The number of H-pyrrole nitrogens is 1. The minimum atomic E-state index is 0.0413. The molecule has 3 rings (SSSR count). The summed E-state index contributed by atoms with van der Waals surface area (Å²) in [6, 6.07) is 0. The molecular formula is C11H12N2O. The molecule has 1 aromatic rings. The van der Waals surface area contributed by atoms with Crippen LogP contribution in [0.2, 0.25) is 0 Å². The Balaban J connectivity index is 2.31. The van der Waals surface area contributed by atoms with Crippen molar-refractivity contribution in [3.8, 4) is 0 Å². The van der Waals surface area contributed by atoms with E-state index in [0.717, 1.165) is 25.1 Å². The van der Waals surface area contributed by atoms with Crippen molar-refractivity contribution in [1.82, 2.24) is 9.55 Å². The monoisotopic (exact) mass is 188 g/mol. The number of allylic oxidation sites excluding steroid dienone is 3. The minimum absolute atomic E-state index is 0.0413. The van der Waals surface area contributed by atoms with Crippen LogP contribution in [-0.4, -0.2) is 9.55 Å². The van der Waals surface area contributed by atoms with Crippen molar-refractivity contribution in [2.24, 2.45) is 0 Å². The first-order chi connectivity index (χ1) is 6.86. The number of hydrogen-bond donors (Lipinski definition) is 1. The van der Waals surface area contributed by atoms with Crippen molar-refractivity contribution in [2.45, 2.75) is 25.3 Å². The maximum absolute atomic E-state index is 11.6. The van der Waals surface area contributed by atoms with E-state index >= 15 is 0 Å². The van der Waals surface area contributed by atoms with Gasteiger partial charge in [-0.2, -0.15) is 0 Å². The predicted octanol–water partition coefficient (Wildman–Crippen LogP) is 1.64. The summed E-state index contributed by atoms with van der Waals surface area (Å²) in [5, 5.41) is 0. The van der Waals surface area contributed by atoms with Crippen molar-refractivity contribution in [3.63, 3.8) is 0 Å². The Labute approximate surface area is 81.8 Å². The fraction of sp³-hybridized carbons (Fsp3) is 0.364. The molecule has 72 valence electrons. The standard InChI is InChI=1S/C11H12N2O/c14-11-12-9-6-2-1-4-8-5-3-7-13(11)10(8)9/h1-2,4,6,8H,3,5,7H2,(H,12,14). The van der Waals surface area contributed by atoms with E-state index < -0.39 is 0 Å². The summed E-state index contributed by atoms with van der Waals surface area (Å²) in [4.78, 5) is 14.5. The SMILES string of the molecule is O=c1[nH]c2c3n1CCCC3C=CC=C2. The molecule has 0 aromatic carbocycles. The van der Waals surface area contributed by atoms with Crippen LogP contribution in [0.25, 0.3) is 6.08 Å². The molecule has 0 saturated heterocycles. The lowest BCUT2D eigenvalue weighted by Gasteiger charge is -2.21. The first-order valence-electron chi connectivity index (χ1n) is 5.04. The summed E-state index contributed by atoms with van der Waals surface area (Å²) in [5.74, 6) is 0.424. The highest BCUT2D eigenvalue weighted by atomic mass is 16.1. The van der Waals surface area contributed by atoms with Gasteiger partial charge in [-0.05, 0) is 18.9 Å². The average Bonchev–Trinajstić information content (AvgIpc) is 2.41. The Morgan fingerprint density at radius 3 is 3.29 bits per heavy atom. The van der Waals surface area contributed by atoms with Gasteiger partial charge in [0, 0.05) is 12.5 Å². The highest BCUT2D eigenvalue weighted by molar-refractivity contribution is 5.53. The van der Waals surface area contributed by atoms with Crippen LogP contribution in [0.3, 0.4) is 0 Å².